The van der Waals surface area contributed by atoms with Crippen LogP contribution in [0.1, 0.15) is 34.8 Å². The largest absolute Gasteiger partial charge is 0.489 e. The van der Waals surface area contributed by atoms with Crippen molar-refractivity contribution in [1.82, 2.24) is 20.2 Å². The van der Waals surface area contributed by atoms with Crippen LogP contribution in [0, 0.1) is 0 Å². The van der Waals surface area contributed by atoms with Crippen LogP contribution in [0.4, 0.5) is 5.69 Å². The Morgan fingerprint density at radius 1 is 1.00 bits per heavy atom. The first-order valence-corrected chi connectivity index (χ1v) is 10.2. The number of nitrogens with zero attached hydrogens (tertiary/aromatic N) is 4. The van der Waals surface area contributed by atoms with E-state index in [9.17, 15) is 4.79 Å². The Morgan fingerprint density at radius 2 is 1.81 bits per heavy atom. The van der Waals surface area contributed by atoms with Gasteiger partial charge in [-0.2, -0.15) is 0 Å². The average Bonchev–Trinajstić information content (AvgIpc) is 3.55. The Morgan fingerprint density at radius 3 is 2.58 bits per heavy atom. The fraction of sp³-hybridized carbons (Fsp3) is 0.167. The van der Waals surface area contributed by atoms with Crippen LogP contribution in [0.25, 0.3) is 11.4 Å². The van der Waals surface area contributed by atoms with Crippen molar-refractivity contribution in [3.63, 3.8) is 0 Å². The van der Waals surface area contributed by atoms with Crippen LogP contribution in [-0.2, 0) is 6.61 Å². The quantitative estimate of drug-likeness (QED) is 0.484. The monoisotopic (exact) mass is 411 g/mol. The highest BCUT2D eigenvalue weighted by Crippen LogP contribution is 2.36. The van der Waals surface area contributed by atoms with E-state index in [1.807, 2.05) is 59.3 Å². The van der Waals surface area contributed by atoms with E-state index in [0.717, 1.165) is 29.8 Å². The summed E-state index contributed by atoms with van der Waals surface area (Å²) in [7, 11) is 0. The van der Waals surface area contributed by atoms with Crippen molar-refractivity contribution in [2.45, 2.75) is 25.5 Å². The number of rotatable bonds is 7. The average molecular weight is 411 g/mol. The highest BCUT2D eigenvalue weighted by Gasteiger charge is 2.28. The number of nitrogens with one attached hydrogen (secondary N) is 1. The van der Waals surface area contributed by atoms with Crippen molar-refractivity contribution in [2.24, 2.45) is 0 Å². The van der Waals surface area contributed by atoms with Crippen molar-refractivity contribution < 1.29 is 9.53 Å². The van der Waals surface area contributed by atoms with Crippen LogP contribution in [0.3, 0.4) is 0 Å². The number of carbonyl (C=O) groups excluding carboxylic acids is 1. The lowest BCUT2D eigenvalue weighted by Crippen LogP contribution is -2.12. The van der Waals surface area contributed by atoms with Gasteiger partial charge in [-0.25, -0.2) is 4.68 Å². The van der Waals surface area contributed by atoms with Crippen molar-refractivity contribution in [2.75, 3.05) is 5.32 Å². The van der Waals surface area contributed by atoms with Gasteiger partial charge >= 0.3 is 0 Å². The molecule has 1 amide bonds. The summed E-state index contributed by atoms with van der Waals surface area (Å²) in [5.41, 5.74) is 3.22. The van der Waals surface area contributed by atoms with E-state index in [4.69, 9.17) is 4.74 Å². The van der Waals surface area contributed by atoms with E-state index in [1.165, 1.54) is 0 Å². The van der Waals surface area contributed by atoms with Crippen molar-refractivity contribution in [3.05, 3.63) is 90.0 Å². The van der Waals surface area contributed by atoms with Gasteiger partial charge < -0.3 is 10.1 Å². The smallest absolute Gasteiger partial charge is 0.255 e. The summed E-state index contributed by atoms with van der Waals surface area (Å²) in [5.74, 6) is 1.25. The molecule has 3 aromatic carbocycles. The van der Waals surface area contributed by atoms with Gasteiger partial charge in [0.1, 0.15) is 12.4 Å². The molecule has 7 nitrogen and oxygen atoms in total. The highest BCUT2D eigenvalue weighted by molar-refractivity contribution is 6.04. The lowest BCUT2D eigenvalue weighted by Gasteiger charge is -2.09. The first kappa shape index (κ1) is 19.0. The van der Waals surface area contributed by atoms with Crippen molar-refractivity contribution in [1.29, 1.82) is 0 Å². The maximum atomic E-state index is 12.7. The normalized spacial score (nSPS) is 13.0. The number of hydrogen-bond donors (Lipinski definition) is 1. The summed E-state index contributed by atoms with van der Waals surface area (Å²) < 4.78 is 7.64. The second-order valence-electron chi connectivity index (χ2n) is 7.51. The molecule has 7 heteroatoms. The van der Waals surface area contributed by atoms with Crippen LogP contribution in [-0.4, -0.2) is 26.1 Å². The Balaban J connectivity index is 1.24. The van der Waals surface area contributed by atoms with Crippen LogP contribution in [0.2, 0.25) is 0 Å². The van der Waals surface area contributed by atoms with E-state index in [1.54, 1.807) is 24.3 Å². The van der Waals surface area contributed by atoms with Gasteiger partial charge in [0.15, 0.2) is 5.82 Å². The van der Waals surface area contributed by atoms with Crippen LogP contribution in [0.5, 0.6) is 5.75 Å². The molecule has 0 saturated heterocycles. The fourth-order valence-electron chi connectivity index (χ4n) is 3.33. The fourth-order valence-corrected chi connectivity index (χ4v) is 3.33. The molecule has 154 valence electrons. The number of tetrazole rings is 1. The third-order valence-electron chi connectivity index (χ3n) is 5.13. The van der Waals surface area contributed by atoms with E-state index in [0.29, 0.717) is 29.6 Å². The molecule has 1 aromatic heterocycles. The Labute approximate surface area is 179 Å². The first-order chi connectivity index (χ1) is 15.3. The van der Waals surface area contributed by atoms with Gasteiger partial charge in [-0.1, -0.05) is 42.5 Å². The number of benzene rings is 3. The molecule has 0 radical (unpaired) electrons. The summed E-state index contributed by atoms with van der Waals surface area (Å²) in [6.45, 7) is 0.486. The minimum atomic E-state index is -0.187. The molecule has 0 bridgehead atoms. The standard InChI is InChI=1S/C24H21N5O2/c30-24(18-9-13-22(14-10-18)31-16-17-5-2-1-3-6-17)25-20-8-4-7-19(15-20)23-26-27-28-29(23)21-11-12-21/h1-10,13-15,21H,11-12,16H2,(H,25,30). The topological polar surface area (TPSA) is 81.9 Å². The van der Waals surface area contributed by atoms with E-state index in [2.05, 4.69) is 20.8 Å². The van der Waals surface area contributed by atoms with E-state index >= 15 is 0 Å². The predicted octanol–water partition coefficient (Wildman–Crippen LogP) is 4.51. The number of anilines is 1. The summed E-state index contributed by atoms with van der Waals surface area (Å²) in [6, 6.07) is 25.0. The van der Waals surface area contributed by atoms with E-state index in [-0.39, 0.29) is 5.91 Å². The number of amides is 1. The summed E-state index contributed by atoms with van der Waals surface area (Å²) in [6.07, 6.45) is 2.19. The first-order valence-electron chi connectivity index (χ1n) is 10.2. The van der Waals surface area contributed by atoms with E-state index < -0.39 is 0 Å². The predicted molar refractivity (Wildman–Crippen MR) is 117 cm³/mol. The maximum absolute atomic E-state index is 12.7. The van der Waals surface area contributed by atoms with Gasteiger partial charge in [0.2, 0.25) is 0 Å². The Kier molecular flexibility index (Phi) is 5.14. The molecule has 0 spiro atoms. The minimum absolute atomic E-state index is 0.187. The molecule has 5 rings (SSSR count). The SMILES string of the molecule is O=C(Nc1cccc(-c2nnnn2C2CC2)c1)c1ccc(OCc2ccccc2)cc1. The van der Waals surface area contributed by atoms with Gasteiger partial charge in [0, 0.05) is 16.8 Å². The minimum Gasteiger partial charge on any atom is -0.489 e. The molecule has 1 aliphatic carbocycles. The third kappa shape index (κ3) is 4.45. The molecule has 1 aliphatic rings. The zero-order valence-corrected chi connectivity index (χ0v) is 16.8. The summed E-state index contributed by atoms with van der Waals surface area (Å²) in [4.78, 5) is 12.7. The van der Waals surface area contributed by atoms with Crippen molar-refractivity contribution in [3.8, 4) is 17.1 Å². The molecule has 0 atom stereocenters. The number of hydrogen-bond acceptors (Lipinski definition) is 5. The van der Waals surface area contributed by atoms with Gasteiger partial charge in [0.05, 0.1) is 6.04 Å². The highest BCUT2D eigenvalue weighted by atomic mass is 16.5. The van der Waals surface area contributed by atoms with Gasteiger partial charge in [0.25, 0.3) is 5.91 Å². The second kappa shape index (κ2) is 8.39. The molecule has 1 fully saturated rings. The van der Waals surface area contributed by atoms with Gasteiger partial charge in [-0.05, 0) is 65.2 Å². The molecule has 0 unspecified atom stereocenters. The molecule has 0 aliphatic heterocycles. The maximum Gasteiger partial charge on any atom is 0.255 e. The zero-order chi connectivity index (χ0) is 21.0. The van der Waals surface area contributed by atoms with Crippen LogP contribution >= 0.6 is 0 Å². The second-order valence-corrected chi connectivity index (χ2v) is 7.51. The molecule has 1 saturated carbocycles. The van der Waals surface area contributed by atoms with Crippen LogP contribution < -0.4 is 10.1 Å². The molecule has 4 aromatic rings. The third-order valence-corrected chi connectivity index (χ3v) is 5.13. The summed E-state index contributed by atoms with van der Waals surface area (Å²) in [5, 5.41) is 15.0. The van der Waals surface area contributed by atoms with Crippen LogP contribution in [0.15, 0.2) is 78.9 Å². The Hall–Kier alpha value is -4.00. The molecular weight excluding hydrogens is 390 g/mol. The molecule has 1 N–H and O–H groups in total. The number of ether oxygens (including phenoxy) is 1. The van der Waals surface area contributed by atoms with Gasteiger partial charge in [-0.15, -0.1) is 5.10 Å². The van der Waals surface area contributed by atoms with Gasteiger partial charge in [-0.3, -0.25) is 4.79 Å². The lowest BCUT2D eigenvalue weighted by molar-refractivity contribution is 0.102. The molecule has 31 heavy (non-hydrogen) atoms. The number of aromatic nitrogens is 4. The van der Waals surface area contributed by atoms with Crippen molar-refractivity contribution >= 4 is 11.6 Å². The summed E-state index contributed by atoms with van der Waals surface area (Å²) >= 11 is 0. The molecule has 1 heterocycles. The Bertz CT molecular complexity index is 1180. The number of carbonyl (C=O) groups is 1. The zero-order valence-electron chi connectivity index (χ0n) is 16.8. The lowest BCUT2D eigenvalue weighted by atomic mass is 10.1. The molecular formula is C24H21N5O2.